The number of amides is 1. The molecule has 1 N–H and O–H groups in total. The van der Waals surface area contributed by atoms with E-state index in [0.717, 1.165) is 15.9 Å². The number of carbonyl (C=O) groups excluding carboxylic acids is 1. The molecule has 2 aromatic rings. The molecular formula is C19H23N3O4. The third-order valence-electron chi connectivity index (χ3n) is 4.13. The molecule has 1 amide bonds. The summed E-state index contributed by atoms with van der Waals surface area (Å²) in [5.41, 5.74) is 0.372. The van der Waals surface area contributed by atoms with Crippen LogP contribution in [0.15, 0.2) is 46.1 Å². The smallest absolute Gasteiger partial charge is 0.330 e. The van der Waals surface area contributed by atoms with Gasteiger partial charge in [-0.3, -0.25) is 14.2 Å². The first-order valence-electron chi connectivity index (χ1n) is 8.26. The van der Waals surface area contributed by atoms with E-state index in [-0.39, 0.29) is 17.5 Å². The third-order valence-corrected chi connectivity index (χ3v) is 4.13. The van der Waals surface area contributed by atoms with Crippen LogP contribution in [-0.2, 0) is 18.9 Å². The van der Waals surface area contributed by atoms with Gasteiger partial charge in [0.05, 0.1) is 18.7 Å². The van der Waals surface area contributed by atoms with Crippen molar-refractivity contribution in [3.8, 4) is 5.75 Å². The Labute approximate surface area is 151 Å². The molecule has 2 rings (SSSR count). The lowest BCUT2D eigenvalue weighted by Crippen LogP contribution is -2.37. The number of nitrogens with zero attached hydrogens (tertiary/aromatic N) is 2. The van der Waals surface area contributed by atoms with Crippen LogP contribution in [0, 0.1) is 0 Å². The summed E-state index contributed by atoms with van der Waals surface area (Å²) in [6, 6.07) is 7.34. The number of hydrogen-bond acceptors (Lipinski definition) is 4. The number of aromatic nitrogens is 2. The Hall–Kier alpha value is -3.09. The quantitative estimate of drug-likeness (QED) is 0.792. The summed E-state index contributed by atoms with van der Waals surface area (Å²) in [6.07, 6.45) is 4.84. The first-order chi connectivity index (χ1) is 12.4. The number of ether oxygens (including phenoxy) is 1. The molecule has 1 aromatic heterocycles. The first-order valence-corrected chi connectivity index (χ1v) is 8.26. The van der Waals surface area contributed by atoms with E-state index in [0.29, 0.717) is 6.42 Å². The number of rotatable bonds is 6. The Morgan fingerprint density at radius 3 is 2.46 bits per heavy atom. The molecule has 138 valence electrons. The van der Waals surface area contributed by atoms with Gasteiger partial charge in [0, 0.05) is 26.4 Å². The standard InChI is InChI=1S/C19H23N3O4/c1-5-16(13-6-9-15(26-4)10-7-13)20-17(23)11-8-14-12-21(2)19(25)22(3)18(14)24/h6-12,16H,5H2,1-4H3,(H,20,23)/b11-8+/t16-/m1/s1. The predicted molar refractivity (Wildman–Crippen MR) is 100 cm³/mol. The van der Waals surface area contributed by atoms with Gasteiger partial charge in [0.2, 0.25) is 5.91 Å². The molecule has 0 aliphatic heterocycles. The van der Waals surface area contributed by atoms with Crippen molar-refractivity contribution < 1.29 is 9.53 Å². The van der Waals surface area contributed by atoms with Gasteiger partial charge >= 0.3 is 5.69 Å². The Bertz CT molecular complexity index is 923. The highest BCUT2D eigenvalue weighted by Gasteiger charge is 2.11. The van der Waals surface area contributed by atoms with Crippen molar-refractivity contribution in [3.63, 3.8) is 0 Å². The molecule has 0 bridgehead atoms. The number of methoxy groups -OCH3 is 1. The molecule has 0 fully saturated rings. The zero-order valence-electron chi connectivity index (χ0n) is 15.4. The number of hydrogen-bond donors (Lipinski definition) is 1. The predicted octanol–water partition coefficient (Wildman–Crippen LogP) is 1.37. The largest absolute Gasteiger partial charge is 0.497 e. The van der Waals surface area contributed by atoms with Gasteiger partial charge < -0.3 is 14.6 Å². The second kappa shape index (κ2) is 8.33. The average molecular weight is 357 g/mol. The molecule has 1 heterocycles. The molecule has 0 aliphatic rings. The molecule has 0 saturated carbocycles. The first kappa shape index (κ1) is 19.2. The highest BCUT2D eigenvalue weighted by molar-refractivity contribution is 5.91. The summed E-state index contributed by atoms with van der Waals surface area (Å²) >= 11 is 0. The molecule has 0 saturated heterocycles. The van der Waals surface area contributed by atoms with E-state index in [9.17, 15) is 14.4 Å². The minimum Gasteiger partial charge on any atom is -0.497 e. The molecule has 26 heavy (non-hydrogen) atoms. The maximum atomic E-state index is 12.2. The fraction of sp³-hybridized carbons (Fsp3) is 0.316. The normalized spacial score (nSPS) is 12.2. The number of carbonyl (C=O) groups is 1. The van der Waals surface area contributed by atoms with Gasteiger partial charge in [-0.25, -0.2) is 4.79 Å². The minimum absolute atomic E-state index is 0.152. The zero-order valence-corrected chi connectivity index (χ0v) is 15.4. The highest BCUT2D eigenvalue weighted by Crippen LogP contribution is 2.20. The van der Waals surface area contributed by atoms with E-state index in [1.165, 1.54) is 30.0 Å². The van der Waals surface area contributed by atoms with E-state index in [1.54, 1.807) is 14.2 Å². The molecule has 1 atom stereocenters. The van der Waals surface area contributed by atoms with Gasteiger partial charge in [0.15, 0.2) is 0 Å². The lowest BCUT2D eigenvalue weighted by Gasteiger charge is -2.16. The lowest BCUT2D eigenvalue weighted by molar-refractivity contribution is -0.117. The van der Waals surface area contributed by atoms with Crippen molar-refractivity contribution in [1.29, 1.82) is 0 Å². The van der Waals surface area contributed by atoms with Crippen molar-refractivity contribution in [1.82, 2.24) is 14.5 Å². The third kappa shape index (κ3) is 4.30. The van der Waals surface area contributed by atoms with Crippen LogP contribution in [0.5, 0.6) is 5.75 Å². The van der Waals surface area contributed by atoms with Crippen LogP contribution < -0.4 is 21.3 Å². The summed E-state index contributed by atoms with van der Waals surface area (Å²) in [5, 5.41) is 2.91. The summed E-state index contributed by atoms with van der Waals surface area (Å²) in [4.78, 5) is 36.0. The Morgan fingerprint density at radius 2 is 1.88 bits per heavy atom. The SMILES string of the molecule is CC[C@@H](NC(=O)/C=C/c1cn(C)c(=O)n(C)c1=O)c1ccc(OC)cc1. The Morgan fingerprint density at radius 1 is 1.23 bits per heavy atom. The van der Waals surface area contributed by atoms with E-state index in [1.807, 2.05) is 31.2 Å². The molecule has 7 heteroatoms. The van der Waals surface area contributed by atoms with Crippen molar-refractivity contribution in [2.24, 2.45) is 14.1 Å². The van der Waals surface area contributed by atoms with Gasteiger partial charge in [0.25, 0.3) is 5.56 Å². The Kier molecular flexibility index (Phi) is 6.16. The summed E-state index contributed by atoms with van der Waals surface area (Å²) < 4.78 is 7.44. The van der Waals surface area contributed by atoms with Crippen LogP contribution in [0.1, 0.15) is 30.5 Å². The van der Waals surface area contributed by atoms with E-state index >= 15 is 0 Å². The van der Waals surface area contributed by atoms with Gasteiger partial charge in [-0.15, -0.1) is 0 Å². The Balaban J connectivity index is 2.15. The van der Waals surface area contributed by atoms with Crippen LogP contribution in [0.2, 0.25) is 0 Å². The molecule has 0 spiro atoms. The molecule has 0 aliphatic carbocycles. The maximum Gasteiger partial charge on any atom is 0.330 e. The number of nitrogens with one attached hydrogen (secondary N) is 1. The van der Waals surface area contributed by atoms with E-state index in [2.05, 4.69) is 5.32 Å². The minimum atomic E-state index is -0.445. The highest BCUT2D eigenvalue weighted by atomic mass is 16.5. The van der Waals surface area contributed by atoms with Gasteiger partial charge in [-0.05, 0) is 30.2 Å². The van der Waals surface area contributed by atoms with Crippen molar-refractivity contribution in [2.75, 3.05) is 7.11 Å². The number of benzene rings is 1. The van der Waals surface area contributed by atoms with Crippen LogP contribution in [0.4, 0.5) is 0 Å². The monoisotopic (exact) mass is 357 g/mol. The fourth-order valence-electron chi connectivity index (χ4n) is 2.59. The van der Waals surface area contributed by atoms with Crippen LogP contribution >= 0.6 is 0 Å². The topological polar surface area (TPSA) is 82.3 Å². The van der Waals surface area contributed by atoms with Gasteiger partial charge in [-0.1, -0.05) is 19.1 Å². The molecule has 0 radical (unpaired) electrons. The average Bonchev–Trinajstić information content (AvgIpc) is 2.66. The van der Waals surface area contributed by atoms with Crippen LogP contribution in [-0.4, -0.2) is 22.2 Å². The molecule has 0 unspecified atom stereocenters. The van der Waals surface area contributed by atoms with E-state index < -0.39 is 11.2 Å². The van der Waals surface area contributed by atoms with Gasteiger partial charge in [-0.2, -0.15) is 0 Å². The molecular weight excluding hydrogens is 334 g/mol. The second-order valence-electron chi connectivity index (χ2n) is 5.92. The van der Waals surface area contributed by atoms with Crippen LogP contribution in [0.25, 0.3) is 6.08 Å². The lowest BCUT2D eigenvalue weighted by atomic mass is 10.0. The number of aryl methyl sites for hydroxylation is 1. The fourth-order valence-corrected chi connectivity index (χ4v) is 2.59. The maximum absolute atomic E-state index is 12.2. The van der Waals surface area contributed by atoms with Crippen LogP contribution in [0.3, 0.4) is 0 Å². The van der Waals surface area contributed by atoms with Crippen molar-refractivity contribution in [3.05, 3.63) is 68.5 Å². The summed E-state index contributed by atoms with van der Waals surface area (Å²) in [7, 11) is 4.55. The van der Waals surface area contributed by atoms with E-state index in [4.69, 9.17) is 4.74 Å². The molecule has 7 nitrogen and oxygen atoms in total. The zero-order chi connectivity index (χ0) is 19.3. The summed E-state index contributed by atoms with van der Waals surface area (Å²) in [5.74, 6) is 0.434. The molecule has 1 aromatic carbocycles. The van der Waals surface area contributed by atoms with Crippen molar-refractivity contribution in [2.45, 2.75) is 19.4 Å². The van der Waals surface area contributed by atoms with Gasteiger partial charge in [0.1, 0.15) is 5.75 Å². The van der Waals surface area contributed by atoms with Crippen molar-refractivity contribution >= 4 is 12.0 Å². The summed E-state index contributed by atoms with van der Waals surface area (Å²) in [6.45, 7) is 1.97. The second-order valence-corrected chi connectivity index (χ2v) is 5.92.